The molecule has 2 aliphatic rings. The Kier molecular flexibility index (Phi) is 5.61. The lowest BCUT2D eigenvalue weighted by atomic mass is 10.1. The van der Waals surface area contributed by atoms with Gasteiger partial charge in [0, 0.05) is 43.6 Å². The molecule has 0 unspecified atom stereocenters. The van der Waals surface area contributed by atoms with Crippen molar-refractivity contribution in [3.63, 3.8) is 0 Å². The quantitative estimate of drug-likeness (QED) is 0.749. The second-order valence-corrected chi connectivity index (χ2v) is 7.64. The first-order valence-corrected chi connectivity index (χ1v) is 10.1. The molecule has 0 spiro atoms. The van der Waals surface area contributed by atoms with E-state index in [1.807, 2.05) is 17.0 Å². The fraction of sp³-hybridized carbons (Fsp3) is 0.304. The monoisotopic (exact) mass is 405 g/mol. The van der Waals surface area contributed by atoms with Crippen molar-refractivity contribution in [2.45, 2.75) is 38.8 Å². The number of imide groups is 1. The fourth-order valence-electron chi connectivity index (χ4n) is 3.73. The van der Waals surface area contributed by atoms with E-state index >= 15 is 0 Å². The normalized spacial score (nSPS) is 16.5. The lowest BCUT2D eigenvalue weighted by Gasteiger charge is -2.15. The Morgan fingerprint density at radius 3 is 1.97 bits per heavy atom. The van der Waals surface area contributed by atoms with E-state index in [4.69, 9.17) is 0 Å². The molecule has 7 nitrogen and oxygen atoms in total. The van der Waals surface area contributed by atoms with Gasteiger partial charge in [-0.3, -0.25) is 24.1 Å². The summed E-state index contributed by atoms with van der Waals surface area (Å²) in [5.41, 5.74) is 2.99. The summed E-state index contributed by atoms with van der Waals surface area (Å²) in [5.74, 6) is -0.333. The molecule has 30 heavy (non-hydrogen) atoms. The summed E-state index contributed by atoms with van der Waals surface area (Å²) in [7, 11) is 0. The molecular formula is C23H23N3O4. The van der Waals surface area contributed by atoms with E-state index in [0.717, 1.165) is 24.1 Å². The van der Waals surface area contributed by atoms with Crippen molar-refractivity contribution in [2.24, 2.45) is 0 Å². The minimum Gasteiger partial charge on any atom is -0.338 e. The van der Waals surface area contributed by atoms with Crippen molar-refractivity contribution in [1.82, 2.24) is 9.80 Å². The van der Waals surface area contributed by atoms with Crippen LogP contribution >= 0.6 is 0 Å². The van der Waals surface area contributed by atoms with Crippen LogP contribution in [0, 0.1) is 0 Å². The first-order chi connectivity index (χ1) is 14.5. The van der Waals surface area contributed by atoms with Gasteiger partial charge in [0.15, 0.2) is 0 Å². The number of anilines is 1. The number of hydrogen-bond acceptors (Lipinski definition) is 4. The smallest absolute Gasteiger partial charge is 0.255 e. The third-order valence-electron chi connectivity index (χ3n) is 5.47. The van der Waals surface area contributed by atoms with E-state index in [1.54, 1.807) is 36.4 Å². The average molecular weight is 405 g/mol. The summed E-state index contributed by atoms with van der Waals surface area (Å²) < 4.78 is 0. The van der Waals surface area contributed by atoms with Crippen molar-refractivity contribution < 1.29 is 19.2 Å². The van der Waals surface area contributed by atoms with E-state index < -0.39 is 0 Å². The van der Waals surface area contributed by atoms with Gasteiger partial charge in [0.1, 0.15) is 0 Å². The van der Waals surface area contributed by atoms with Crippen LogP contribution in [0.2, 0.25) is 0 Å². The molecule has 4 rings (SSSR count). The summed E-state index contributed by atoms with van der Waals surface area (Å²) >= 11 is 0. The van der Waals surface area contributed by atoms with Crippen LogP contribution in [0.25, 0.3) is 0 Å². The van der Waals surface area contributed by atoms with Crippen LogP contribution in [0.1, 0.15) is 47.2 Å². The molecule has 0 radical (unpaired) electrons. The van der Waals surface area contributed by atoms with E-state index in [0.29, 0.717) is 24.2 Å². The van der Waals surface area contributed by atoms with Crippen molar-refractivity contribution in [2.75, 3.05) is 11.9 Å². The first kappa shape index (κ1) is 19.8. The molecular weight excluding hydrogens is 382 g/mol. The molecule has 1 N–H and O–H groups in total. The van der Waals surface area contributed by atoms with Gasteiger partial charge < -0.3 is 10.2 Å². The van der Waals surface area contributed by atoms with Gasteiger partial charge in [0.05, 0.1) is 6.54 Å². The number of carbonyl (C=O) groups is 4. The van der Waals surface area contributed by atoms with Gasteiger partial charge in [0.25, 0.3) is 5.91 Å². The van der Waals surface area contributed by atoms with Gasteiger partial charge in [0.2, 0.25) is 17.7 Å². The highest BCUT2D eigenvalue weighted by Gasteiger charge is 2.28. The Labute approximate surface area is 174 Å². The van der Waals surface area contributed by atoms with Crippen molar-refractivity contribution in [3.05, 3.63) is 65.2 Å². The largest absolute Gasteiger partial charge is 0.338 e. The molecule has 0 bridgehead atoms. The molecule has 0 aromatic heterocycles. The molecule has 4 amide bonds. The minimum atomic E-state index is -0.226. The summed E-state index contributed by atoms with van der Waals surface area (Å²) in [6.07, 6.45) is 2.08. The highest BCUT2D eigenvalue weighted by atomic mass is 16.2. The third-order valence-corrected chi connectivity index (χ3v) is 5.47. The lowest BCUT2D eigenvalue weighted by molar-refractivity contribution is -0.139. The maximum Gasteiger partial charge on any atom is 0.255 e. The zero-order valence-electron chi connectivity index (χ0n) is 16.6. The third kappa shape index (κ3) is 4.40. The molecule has 2 heterocycles. The highest BCUT2D eigenvalue weighted by Crippen LogP contribution is 2.19. The number of amides is 4. The van der Waals surface area contributed by atoms with Gasteiger partial charge in [-0.1, -0.05) is 24.3 Å². The summed E-state index contributed by atoms with van der Waals surface area (Å²) in [6.45, 7) is 1.62. The summed E-state index contributed by atoms with van der Waals surface area (Å²) in [4.78, 5) is 50.8. The predicted molar refractivity (Wildman–Crippen MR) is 110 cm³/mol. The van der Waals surface area contributed by atoms with Gasteiger partial charge in [-0.15, -0.1) is 0 Å². The maximum absolute atomic E-state index is 12.5. The number of hydrogen-bond donors (Lipinski definition) is 1. The zero-order valence-corrected chi connectivity index (χ0v) is 16.6. The Hall–Kier alpha value is -3.48. The fourth-order valence-corrected chi connectivity index (χ4v) is 3.73. The van der Waals surface area contributed by atoms with Gasteiger partial charge in [-0.2, -0.15) is 0 Å². The Bertz CT molecular complexity index is 967. The molecule has 0 saturated carbocycles. The number of nitrogens with one attached hydrogen (secondary N) is 1. The number of carbonyl (C=O) groups excluding carboxylic acids is 4. The molecule has 2 aromatic carbocycles. The van der Waals surface area contributed by atoms with Crippen LogP contribution in [0.15, 0.2) is 48.5 Å². The van der Waals surface area contributed by atoms with Crippen LogP contribution in [-0.2, 0) is 27.5 Å². The van der Waals surface area contributed by atoms with Gasteiger partial charge in [-0.25, -0.2) is 0 Å². The summed E-state index contributed by atoms with van der Waals surface area (Å²) in [6, 6.07) is 14.3. The molecule has 2 aliphatic heterocycles. The van der Waals surface area contributed by atoms with Crippen molar-refractivity contribution in [1.29, 1.82) is 0 Å². The molecule has 154 valence electrons. The zero-order chi connectivity index (χ0) is 21.1. The van der Waals surface area contributed by atoms with Crippen LogP contribution in [0.5, 0.6) is 0 Å². The first-order valence-electron chi connectivity index (χ1n) is 10.1. The van der Waals surface area contributed by atoms with Crippen molar-refractivity contribution in [3.8, 4) is 0 Å². The Morgan fingerprint density at radius 1 is 0.767 bits per heavy atom. The van der Waals surface area contributed by atoms with Crippen LogP contribution in [0.4, 0.5) is 5.69 Å². The van der Waals surface area contributed by atoms with Crippen LogP contribution < -0.4 is 5.32 Å². The predicted octanol–water partition coefficient (Wildman–Crippen LogP) is 2.71. The Balaban J connectivity index is 1.33. The molecule has 2 aromatic rings. The highest BCUT2D eigenvalue weighted by molar-refractivity contribution is 6.04. The van der Waals surface area contributed by atoms with Gasteiger partial charge >= 0.3 is 0 Å². The molecule has 2 fully saturated rings. The lowest BCUT2D eigenvalue weighted by Crippen LogP contribution is -2.28. The van der Waals surface area contributed by atoms with E-state index in [9.17, 15) is 19.2 Å². The van der Waals surface area contributed by atoms with Crippen molar-refractivity contribution >= 4 is 29.3 Å². The van der Waals surface area contributed by atoms with Crippen LogP contribution in [0.3, 0.4) is 0 Å². The second kappa shape index (κ2) is 8.49. The number of nitrogens with zero attached hydrogens (tertiary/aromatic N) is 2. The molecule has 0 aliphatic carbocycles. The van der Waals surface area contributed by atoms with E-state index in [-0.39, 0.29) is 43.0 Å². The maximum atomic E-state index is 12.5. The molecule has 2 saturated heterocycles. The number of benzene rings is 2. The number of likely N-dealkylation sites (tertiary alicyclic amines) is 2. The Morgan fingerprint density at radius 2 is 1.37 bits per heavy atom. The summed E-state index contributed by atoms with van der Waals surface area (Å²) in [5, 5.41) is 2.85. The van der Waals surface area contributed by atoms with Gasteiger partial charge in [-0.05, 0) is 41.8 Å². The number of rotatable bonds is 6. The average Bonchev–Trinajstić information content (AvgIpc) is 3.29. The topological polar surface area (TPSA) is 86.8 Å². The van der Waals surface area contributed by atoms with Crippen LogP contribution in [-0.4, -0.2) is 40.0 Å². The second-order valence-electron chi connectivity index (χ2n) is 7.64. The molecule has 7 heteroatoms. The van der Waals surface area contributed by atoms with E-state index in [2.05, 4.69) is 5.32 Å². The molecule has 0 atom stereocenters. The van der Waals surface area contributed by atoms with E-state index in [1.165, 1.54) is 4.90 Å². The minimum absolute atomic E-state index is 0.144. The standard InChI is InChI=1S/C23H23N3O4/c27-20-2-1-13-25(20)14-16-3-7-18(8-4-16)23(30)24-19-9-5-17(6-10-19)15-26-21(28)11-12-22(26)29/h3-10H,1-2,11-15H2,(H,24,30). The SMILES string of the molecule is O=C(Nc1ccc(CN2C(=O)CCC2=O)cc1)c1ccc(CN2CCCC2=O)cc1.